The number of carbonyl (C=O) groups is 1. The van der Waals surface area contributed by atoms with Crippen LogP contribution in [0.5, 0.6) is 0 Å². The van der Waals surface area contributed by atoms with Gasteiger partial charge in [0.15, 0.2) is 0 Å². The summed E-state index contributed by atoms with van der Waals surface area (Å²) in [6.45, 7) is 5.89. The second-order valence-electron chi connectivity index (χ2n) is 8.34. The van der Waals surface area contributed by atoms with Crippen LogP contribution in [-0.4, -0.2) is 49.7 Å². The first-order chi connectivity index (χ1) is 13.2. The average Bonchev–Trinajstić information content (AvgIpc) is 3.18. The van der Waals surface area contributed by atoms with Crippen LogP contribution in [0, 0.1) is 18.8 Å². The third-order valence-corrected chi connectivity index (χ3v) is 6.32. The van der Waals surface area contributed by atoms with Gasteiger partial charge in [-0.1, -0.05) is 6.07 Å². The highest BCUT2D eigenvalue weighted by Gasteiger charge is 2.39. The smallest absolute Gasteiger partial charge is 0.289 e. The summed E-state index contributed by atoms with van der Waals surface area (Å²) in [7, 11) is 0. The molecule has 1 saturated carbocycles. The van der Waals surface area contributed by atoms with E-state index in [1.807, 2.05) is 13.0 Å². The maximum atomic E-state index is 12.6. The number of fused-ring (bicyclic) bond motifs is 2. The van der Waals surface area contributed by atoms with Gasteiger partial charge in [-0.15, -0.1) is 10.2 Å². The molecule has 1 N–H and O–H groups in total. The van der Waals surface area contributed by atoms with Crippen LogP contribution in [0.1, 0.15) is 47.1 Å². The summed E-state index contributed by atoms with van der Waals surface area (Å²) in [4.78, 5) is 19.7. The fourth-order valence-electron chi connectivity index (χ4n) is 4.64. The Bertz CT molecular complexity index is 858. The van der Waals surface area contributed by atoms with Crippen molar-refractivity contribution in [3.63, 3.8) is 0 Å². The summed E-state index contributed by atoms with van der Waals surface area (Å²) >= 11 is 0. The van der Waals surface area contributed by atoms with Crippen LogP contribution < -0.4 is 5.32 Å². The Kier molecular flexibility index (Phi) is 4.19. The van der Waals surface area contributed by atoms with E-state index in [1.165, 1.54) is 6.42 Å². The van der Waals surface area contributed by atoms with Crippen LogP contribution in [-0.2, 0) is 19.5 Å². The van der Waals surface area contributed by atoms with Gasteiger partial charge in [0.2, 0.25) is 5.82 Å². The topological polar surface area (TPSA) is 75.9 Å². The maximum absolute atomic E-state index is 12.6. The van der Waals surface area contributed by atoms with Crippen molar-refractivity contribution in [3.05, 3.63) is 41.2 Å². The zero-order valence-corrected chi connectivity index (χ0v) is 15.8. The summed E-state index contributed by atoms with van der Waals surface area (Å²) in [6, 6.07) is 6.54. The molecule has 2 aromatic heterocycles. The molecular weight excluding hydrogens is 340 g/mol. The number of hydrogen-bond acceptors (Lipinski definition) is 5. The van der Waals surface area contributed by atoms with E-state index in [2.05, 4.69) is 42.1 Å². The normalized spacial score (nSPS) is 24.9. The number of nitrogens with zero attached hydrogens (tertiary/aromatic N) is 5. The van der Waals surface area contributed by atoms with E-state index in [9.17, 15) is 4.79 Å². The lowest BCUT2D eigenvalue weighted by molar-refractivity contribution is 0.0898. The lowest BCUT2D eigenvalue weighted by Gasteiger charge is -2.28. The lowest BCUT2D eigenvalue weighted by atomic mass is 9.89. The standard InChI is InChI=1S/C20H26N6O/c1-13-4-2-7-17(21-13)12-25-9-14-8-18-23-24-19(26(18)11-15(14)10-25)20(27)22-16-5-3-6-16/h2,4,7,14-16H,3,5-6,8-12H2,1H3,(H,22,27)/t14-,15-/m1/s1. The van der Waals surface area contributed by atoms with Gasteiger partial charge in [0.05, 0.1) is 5.69 Å². The van der Waals surface area contributed by atoms with Crippen molar-refractivity contribution in [2.24, 2.45) is 11.8 Å². The van der Waals surface area contributed by atoms with Crippen LogP contribution >= 0.6 is 0 Å². The number of hydrogen-bond donors (Lipinski definition) is 1. The van der Waals surface area contributed by atoms with Gasteiger partial charge in [0.25, 0.3) is 5.91 Å². The molecule has 2 atom stereocenters. The first-order valence-corrected chi connectivity index (χ1v) is 10.0. The SMILES string of the molecule is Cc1cccc(CN2C[C@H]3Cc4nnc(C(=O)NC5CCC5)n4C[C@H]3C2)n1. The van der Waals surface area contributed by atoms with Crippen molar-refractivity contribution in [1.82, 2.24) is 30.0 Å². The second-order valence-corrected chi connectivity index (χ2v) is 8.34. The van der Waals surface area contributed by atoms with Crippen molar-refractivity contribution in [3.8, 4) is 0 Å². The van der Waals surface area contributed by atoms with E-state index in [0.29, 0.717) is 23.7 Å². The molecule has 4 heterocycles. The number of amides is 1. The number of nitrogens with one attached hydrogen (secondary N) is 1. The summed E-state index contributed by atoms with van der Waals surface area (Å²) in [5, 5.41) is 11.6. The summed E-state index contributed by atoms with van der Waals surface area (Å²) in [5.74, 6) is 2.54. The highest BCUT2D eigenvalue weighted by Crippen LogP contribution is 2.33. The van der Waals surface area contributed by atoms with E-state index in [0.717, 1.165) is 62.7 Å². The molecule has 2 aromatic rings. The summed E-state index contributed by atoms with van der Waals surface area (Å²) in [5.41, 5.74) is 2.20. The third-order valence-electron chi connectivity index (χ3n) is 6.32. The van der Waals surface area contributed by atoms with Gasteiger partial charge in [-0.05, 0) is 50.2 Å². The monoisotopic (exact) mass is 366 g/mol. The van der Waals surface area contributed by atoms with Gasteiger partial charge in [-0.3, -0.25) is 14.7 Å². The van der Waals surface area contributed by atoms with Gasteiger partial charge < -0.3 is 9.88 Å². The minimum absolute atomic E-state index is 0.0595. The average molecular weight is 366 g/mol. The number of carbonyl (C=O) groups excluding carboxylic acids is 1. The molecule has 142 valence electrons. The molecule has 0 bridgehead atoms. The first kappa shape index (κ1) is 16.9. The Morgan fingerprint density at radius 3 is 2.81 bits per heavy atom. The van der Waals surface area contributed by atoms with E-state index >= 15 is 0 Å². The highest BCUT2D eigenvalue weighted by atomic mass is 16.2. The quantitative estimate of drug-likeness (QED) is 0.889. The lowest BCUT2D eigenvalue weighted by Crippen LogP contribution is -2.41. The molecule has 7 heteroatoms. The van der Waals surface area contributed by atoms with Gasteiger partial charge in [0, 0.05) is 44.3 Å². The molecule has 0 aromatic carbocycles. The predicted molar refractivity (Wildman–Crippen MR) is 100 cm³/mol. The maximum Gasteiger partial charge on any atom is 0.289 e. The molecule has 0 unspecified atom stereocenters. The summed E-state index contributed by atoms with van der Waals surface area (Å²) in [6.07, 6.45) is 4.28. The molecule has 2 aliphatic heterocycles. The van der Waals surface area contributed by atoms with Crippen LogP contribution in [0.4, 0.5) is 0 Å². The molecule has 5 rings (SSSR count). The first-order valence-electron chi connectivity index (χ1n) is 10.0. The van der Waals surface area contributed by atoms with Gasteiger partial charge in [-0.25, -0.2) is 0 Å². The van der Waals surface area contributed by atoms with Gasteiger partial charge in [0.1, 0.15) is 5.82 Å². The van der Waals surface area contributed by atoms with Gasteiger partial charge >= 0.3 is 0 Å². The number of likely N-dealkylation sites (tertiary alicyclic amines) is 1. The molecule has 0 spiro atoms. The minimum atomic E-state index is -0.0595. The van der Waals surface area contributed by atoms with Crippen molar-refractivity contribution in [2.75, 3.05) is 13.1 Å². The molecule has 1 aliphatic carbocycles. The van der Waals surface area contributed by atoms with Crippen molar-refractivity contribution < 1.29 is 4.79 Å². The molecule has 2 fully saturated rings. The minimum Gasteiger partial charge on any atom is -0.347 e. The highest BCUT2D eigenvalue weighted by molar-refractivity contribution is 5.91. The number of rotatable bonds is 4. The van der Waals surface area contributed by atoms with Crippen LogP contribution in [0.2, 0.25) is 0 Å². The zero-order valence-electron chi connectivity index (χ0n) is 15.8. The largest absolute Gasteiger partial charge is 0.347 e. The van der Waals surface area contributed by atoms with Crippen molar-refractivity contribution in [1.29, 1.82) is 0 Å². The Morgan fingerprint density at radius 1 is 1.19 bits per heavy atom. The molecule has 3 aliphatic rings. The Hall–Kier alpha value is -2.28. The van der Waals surface area contributed by atoms with Crippen LogP contribution in [0.3, 0.4) is 0 Å². The van der Waals surface area contributed by atoms with Crippen molar-refractivity contribution >= 4 is 5.91 Å². The Morgan fingerprint density at radius 2 is 2.04 bits per heavy atom. The van der Waals surface area contributed by atoms with Crippen LogP contribution in [0.25, 0.3) is 0 Å². The third kappa shape index (κ3) is 3.25. The number of aryl methyl sites for hydroxylation is 1. The Labute approximate surface area is 159 Å². The molecule has 1 saturated heterocycles. The second kappa shape index (κ2) is 6.71. The molecule has 0 radical (unpaired) electrons. The number of pyridine rings is 1. The zero-order chi connectivity index (χ0) is 18.4. The molecule has 7 nitrogen and oxygen atoms in total. The molecular formula is C20H26N6O. The fourth-order valence-corrected chi connectivity index (χ4v) is 4.64. The Balaban J connectivity index is 1.26. The summed E-state index contributed by atoms with van der Waals surface area (Å²) < 4.78 is 2.06. The van der Waals surface area contributed by atoms with E-state index in [-0.39, 0.29) is 5.91 Å². The van der Waals surface area contributed by atoms with E-state index < -0.39 is 0 Å². The number of aromatic nitrogens is 4. The molecule has 1 amide bonds. The molecule has 27 heavy (non-hydrogen) atoms. The predicted octanol–water partition coefficient (Wildman–Crippen LogP) is 1.57. The van der Waals surface area contributed by atoms with Gasteiger partial charge in [-0.2, -0.15) is 0 Å². The van der Waals surface area contributed by atoms with E-state index in [4.69, 9.17) is 0 Å². The fraction of sp³-hybridized carbons (Fsp3) is 0.600. The van der Waals surface area contributed by atoms with Crippen molar-refractivity contribution in [2.45, 2.75) is 51.7 Å². The van der Waals surface area contributed by atoms with E-state index in [1.54, 1.807) is 0 Å². The van der Waals surface area contributed by atoms with Crippen LogP contribution in [0.15, 0.2) is 18.2 Å².